The predicted octanol–water partition coefficient (Wildman–Crippen LogP) is 4.11. The summed E-state index contributed by atoms with van der Waals surface area (Å²) in [6.45, 7) is 16.4. The van der Waals surface area contributed by atoms with Gasteiger partial charge in [-0.25, -0.2) is 0 Å². The van der Waals surface area contributed by atoms with Crippen LogP contribution in [0.1, 0.15) is 18.9 Å². The monoisotopic (exact) mass is 322 g/mol. The molecule has 1 rings (SSSR count). The van der Waals surface area contributed by atoms with E-state index < -0.39 is 16.1 Å². The summed E-state index contributed by atoms with van der Waals surface area (Å²) in [5.74, 6) is -0.0300. The summed E-state index contributed by atoms with van der Waals surface area (Å²) in [5, 5.41) is 1.94. The highest BCUT2D eigenvalue weighted by Gasteiger charge is 2.43. The summed E-state index contributed by atoms with van der Waals surface area (Å²) >= 11 is 0. The number of hydrogen-bond donors (Lipinski definition) is 0. The molecule has 0 bridgehead atoms. The summed E-state index contributed by atoms with van der Waals surface area (Å²) < 4.78 is 5.22. The van der Waals surface area contributed by atoms with Crippen LogP contribution in [0.2, 0.25) is 37.9 Å². The Bertz CT molecular complexity index is 473. The van der Waals surface area contributed by atoms with Crippen LogP contribution in [0.4, 0.5) is 0 Å². The Hall–Kier alpha value is -0.876. The zero-order chi connectivity index (χ0) is 16.3. The van der Waals surface area contributed by atoms with E-state index in [1.807, 2.05) is 6.92 Å². The Kier molecular flexibility index (Phi) is 5.99. The summed E-state index contributed by atoms with van der Waals surface area (Å²) in [6, 6.07) is 8.91. The lowest BCUT2D eigenvalue weighted by Crippen LogP contribution is -2.54. The molecular weight excluding hydrogens is 292 g/mol. The summed E-state index contributed by atoms with van der Waals surface area (Å²) in [6.07, 6.45) is 0.580. The summed E-state index contributed by atoms with van der Waals surface area (Å²) in [4.78, 5) is 12.1. The number of aryl methyl sites for hydroxylation is 1. The molecule has 2 nitrogen and oxygen atoms in total. The Morgan fingerprint density at radius 2 is 1.62 bits per heavy atom. The van der Waals surface area contributed by atoms with Crippen LogP contribution in [0.25, 0.3) is 0 Å². The number of rotatable bonds is 6. The van der Waals surface area contributed by atoms with Crippen molar-refractivity contribution in [2.24, 2.45) is 0 Å². The van der Waals surface area contributed by atoms with Crippen LogP contribution in [0, 0.1) is 6.92 Å². The molecule has 1 atom stereocenters. The lowest BCUT2D eigenvalue weighted by Gasteiger charge is -2.40. The molecule has 0 aliphatic heterocycles. The van der Waals surface area contributed by atoms with Gasteiger partial charge in [0.2, 0.25) is 0 Å². The Morgan fingerprint density at radius 1 is 1.10 bits per heavy atom. The molecule has 0 heterocycles. The Morgan fingerprint density at radius 3 is 2.05 bits per heavy atom. The van der Waals surface area contributed by atoms with Gasteiger partial charge >= 0.3 is 5.97 Å². The molecular formula is C17H30O2Si2. The lowest BCUT2D eigenvalue weighted by molar-refractivity contribution is -0.142. The maximum atomic E-state index is 12.1. The van der Waals surface area contributed by atoms with Gasteiger partial charge in [-0.15, -0.1) is 0 Å². The van der Waals surface area contributed by atoms with E-state index in [2.05, 4.69) is 63.9 Å². The van der Waals surface area contributed by atoms with Gasteiger partial charge < -0.3 is 4.74 Å². The Labute approximate surface area is 131 Å². The van der Waals surface area contributed by atoms with Gasteiger partial charge in [0.15, 0.2) is 0 Å². The topological polar surface area (TPSA) is 26.3 Å². The van der Waals surface area contributed by atoms with Crippen LogP contribution in [0.15, 0.2) is 24.3 Å². The van der Waals surface area contributed by atoms with Gasteiger partial charge in [0.1, 0.15) is 0 Å². The van der Waals surface area contributed by atoms with E-state index in [4.69, 9.17) is 4.74 Å². The molecule has 0 amide bonds. The number of carbonyl (C=O) groups excluding carboxylic acids is 1. The summed E-state index contributed by atoms with van der Waals surface area (Å²) in [7, 11) is -3.15. The van der Waals surface area contributed by atoms with Crippen LogP contribution in [-0.2, 0) is 9.53 Å². The minimum atomic E-state index is -1.70. The van der Waals surface area contributed by atoms with Crippen molar-refractivity contribution in [2.45, 2.75) is 58.2 Å². The first-order valence-corrected chi connectivity index (χ1v) is 14.5. The first-order valence-electron chi connectivity index (χ1n) is 7.81. The summed E-state index contributed by atoms with van der Waals surface area (Å²) in [5.41, 5.74) is 1.29. The molecule has 4 heteroatoms. The van der Waals surface area contributed by atoms with E-state index >= 15 is 0 Å². The molecule has 1 aromatic rings. The van der Waals surface area contributed by atoms with Crippen LogP contribution in [0.5, 0.6) is 0 Å². The third-order valence-corrected chi connectivity index (χ3v) is 15.2. The smallest absolute Gasteiger partial charge is 0.305 e. The van der Waals surface area contributed by atoms with Crippen molar-refractivity contribution in [3.05, 3.63) is 29.8 Å². The van der Waals surface area contributed by atoms with Gasteiger partial charge in [-0.1, -0.05) is 67.8 Å². The maximum Gasteiger partial charge on any atom is 0.305 e. The molecule has 0 aliphatic carbocycles. The number of esters is 1. The fourth-order valence-electron chi connectivity index (χ4n) is 3.21. The van der Waals surface area contributed by atoms with Crippen molar-refractivity contribution < 1.29 is 9.53 Å². The molecule has 0 aliphatic rings. The minimum absolute atomic E-state index is 0.0300. The van der Waals surface area contributed by atoms with Crippen LogP contribution in [0.3, 0.4) is 0 Å². The average Bonchev–Trinajstić information content (AvgIpc) is 2.35. The predicted molar refractivity (Wildman–Crippen MR) is 96.6 cm³/mol. The average molecular weight is 323 g/mol. The van der Waals surface area contributed by atoms with Gasteiger partial charge in [0.05, 0.1) is 14.7 Å². The number of carbonyl (C=O) groups is 1. The molecule has 0 spiro atoms. The van der Waals surface area contributed by atoms with E-state index in [0.717, 1.165) is 0 Å². The highest BCUT2D eigenvalue weighted by Crippen LogP contribution is 2.35. The molecule has 0 fully saturated rings. The molecule has 1 aromatic carbocycles. The molecule has 1 unspecified atom stereocenters. The minimum Gasteiger partial charge on any atom is -0.466 e. The fraction of sp³-hybridized carbons (Fsp3) is 0.588. The largest absolute Gasteiger partial charge is 0.466 e. The fourth-order valence-corrected chi connectivity index (χ4v) is 15.3. The second kappa shape index (κ2) is 6.92. The van der Waals surface area contributed by atoms with Crippen molar-refractivity contribution in [2.75, 3.05) is 6.61 Å². The van der Waals surface area contributed by atoms with Gasteiger partial charge in [0.25, 0.3) is 0 Å². The van der Waals surface area contributed by atoms with Crippen molar-refractivity contribution in [1.29, 1.82) is 0 Å². The number of ether oxygens (including phenoxy) is 1. The molecule has 0 radical (unpaired) electrons. The first-order chi connectivity index (χ1) is 9.59. The number of benzene rings is 1. The van der Waals surface area contributed by atoms with E-state index in [0.29, 0.717) is 18.2 Å². The van der Waals surface area contributed by atoms with E-state index in [-0.39, 0.29) is 5.97 Å². The second-order valence-corrected chi connectivity index (χ2v) is 18.2. The Balaban J connectivity index is 3.11. The molecule has 0 N–H and O–H groups in total. The van der Waals surface area contributed by atoms with Gasteiger partial charge in [-0.05, 0) is 19.0 Å². The molecule has 21 heavy (non-hydrogen) atoms. The van der Waals surface area contributed by atoms with Crippen LogP contribution < -0.4 is 5.19 Å². The van der Waals surface area contributed by atoms with Crippen LogP contribution >= 0.6 is 0 Å². The lowest BCUT2D eigenvalue weighted by atomic mass is 10.2. The third kappa shape index (κ3) is 4.82. The molecule has 0 saturated carbocycles. The van der Waals surface area contributed by atoms with Crippen molar-refractivity contribution in [3.8, 4) is 0 Å². The van der Waals surface area contributed by atoms with Crippen molar-refractivity contribution >= 4 is 27.3 Å². The highest BCUT2D eigenvalue weighted by molar-refractivity contribution is 7.03. The standard InChI is InChI=1S/C17H30O2Si2/c1-8-19-16(18)13-17(20(3,4)5)21(6,7)15-11-9-14(2)10-12-15/h9-12,17H,8,13H2,1-7H3. The maximum absolute atomic E-state index is 12.1. The SMILES string of the molecule is CCOC(=O)CC([Si](C)(C)C)[Si](C)(C)c1ccc(C)cc1. The highest BCUT2D eigenvalue weighted by atomic mass is 28.4. The molecule has 118 valence electrons. The van der Waals surface area contributed by atoms with Crippen molar-refractivity contribution in [3.63, 3.8) is 0 Å². The van der Waals surface area contributed by atoms with Gasteiger partial charge in [-0.3, -0.25) is 4.79 Å². The van der Waals surface area contributed by atoms with E-state index in [1.165, 1.54) is 10.8 Å². The molecule has 0 saturated heterocycles. The van der Waals surface area contributed by atoms with Crippen molar-refractivity contribution in [1.82, 2.24) is 0 Å². The second-order valence-electron chi connectivity index (χ2n) is 7.52. The van der Waals surface area contributed by atoms with E-state index in [1.54, 1.807) is 0 Å². The first kappa shape index (κ1) is 18.2. The zero-order valence-electron chi connectivity index (χ0n) is 14.6. The quantitative estimate of drug-likeness (QED) is 0.582. The molecule has 0 aromatic heterocycles. The van der Waals surface area contributed by atoms with Crippen LogP contribution in [-0.4, -0.2) is 28.7 Å². The van der Waals surface area contributed by atoms with E-state index in [9.17, 15) is 4.79 Å². The number of hydrogen-bond acceptors (Lipinski definition) is 2. The third-order valence-electron chi connectivity index (χ3n) is 4.39. The van der Waals surface area contributed by atoms with Gasteiger partial charge in [-0.2, -0.15) is 0 Å². The normalized spacial score (nSPS) is 13.9. The van der Waals surface area contributed by atoms with Gasteiger partial charge in [0, 0.05) is 14.5 Å². The zero-order valence-corrected chi connectivity index (χ0v) is 16.6.